The molecule has 1 aromatic carbocycles. The molecule has 0 unspecified atom stereocenters. The van der Waals surface area contributed by atoms with Gasteiger partial charge in [0.05, 0.1) is 17.2 Å². The van der Waals surface area contributed by atoms with Crippen LogP contribution in [0.2, 0.25) is 0 Å². The summed E-state index contributed by atoms with van der Waals surface area (Å²) >= 11 is 0. The molecule has 1 saturated heterocycles. The van der Waals surface area contributed by atoms with E-state index in [0.29, 0.717) is 78.4 Å². The first-order chi connectivity index (χ1) is 21.4. The van der Waals surface area contributed by atoms with Crippen LogP contribution in [0.15, 0.2) is 67.4 Å². The third-order valence-corrected chi connectivity index (χ3v) is 7.47. The molecular formula is C30H29FN10O3. The Morgan fingerprint density at radius 3 is 2.89 bits per heavy atom. The molecule has 2 aliphatic heterocycles. The van der Waals surface area contributed by atoms with E-state index in [2.05, 4.69) is 30.3 Å². The lowest BCUT2D eigenvalue weighted by molar-refractivity contribution is -0.129. The zero-order valence-corrected chi connectivity index (χ0v) is 24.1. The highest BCUT2D eigenvalue weighted by Gasteiger charge is 2.35. The predicted octanol–water partition coefficient (Wildman–Crippen LogP) is 3.27. The van der Waals surface area contributed by atoms with Crippen molar-refractivity contribution in [3.05, 3.63) is 73.2 Å². The molecule has 1 atom stereocenters. The van der Waals surface area contributed by atoms with Gasteiger partial charge in [-0.3, -0.25) is 4.79 Å². The Morgan fingerprint density at radius 1 is 1.14 bits per heavy atom. The standard InChI is InChI=1S/C30H29FN10O3/c1-38(2)8-3-4-27(42)40-11-10-39-15-19(40)16-43-25-14-24-28(37-30(25)39)29(34-17-32-24)36-23-6-5-20(12-22(23)31)44-21-7-9-41-26(13-21)33-18-35-41/h3-7,9,12-14,17-19H,8,10-11,15-16H2,1-2H3,(H,32,34,36)/t19-/m0/s1. The van der Waals surface area contributed by atoms with Gasteiger partial charge in [0.15, 0.2) is 23.0 Å². The average molecular weight is 597 g/mol. The van der Waals surface area contributed by atoms with E-state index in [4.69, 9.17) is 14.5 Å². The lowest BCUT2D eigenvalue weighted by Gasteiger charge is -2.39. The quantitative estimate of drug-likeness (QED) is 0.278. The highest BCUT2D eigenvalue weighted by molar-refractivity contribution is 5.90. The van der Waals surface area contributed by atoms with Crippen LogP contribution in [0.1, 0.15) is 0 Å². The van der Waals surface area contributed by atoms with Gasteiger partial charge >= 0.3 is 0 Å². The van der Waals surface area contributed by atoms with Crippen LogP contribution in [0.4, 0.5) is 21.7 Å². The summed E-state index contributed by atoms with van der Waals surface area (Å²) in [5, 5.41) is 7.12. The second kappa shape index (κ2) is 11.4. The van der Waals surface area contributed by atoms with E-state index >= 15 is 4.39 Å². The zero-order chi connectivity index (χ0) is 30.2. The maximum absolute atomic E-state index is 15.3. The molecular weight excluding hydrogens is 567 g/mol. The second-order valence-corrected chi connectivity index (χ2v) is 10.8. The topological polar surface area (TPSA) is 126 Å². The van der Waals surface area contributed by atoms with Gasteiger partial charge < -0.3 is 29.5 Å². The van der Waals surface area contributed by atoms with Gasteiger partial charge in [-0.25, -0.2) is 28.8 Å². The summed E-state index contributed by atoms with van der Waals surface area (Å²) < 4.78 is 28.9. The molecule has 0 aliphatic carbocycles. The number of pyridine rings is 2. The van der Waals surface area contributed by atoms with Crippen molar-refractivity contribution in [3.8, 4) is 17.2 Å². The van der Waals surface area contributed by atoms with Crippen LogP contribution in [-0.2, 0) is 4.79 Å². The fraction of sp³-hybridized carbons (Fsp3) is 0.267. The minimum absolute atomic E-state index is 0.0311. The summed E-state index contributed by atoms with van der Waals surface area (Å²) in [4.78, 5) is 36.6. The minimum Gasteiger partial charge on any atom is -0.487 e. The van der Waals surface area contributed by atoms with Crippen molar-refractivity contribution in [1.29, 1.82) is 0 Å². The first-order valence-electron chi connectivity index (χ1n) is 14.1. The van der Waals surface area contributed by atoms with Crippen molar-refractivity contribution in [2.45, 2.75) is 6.04 Å². The number of likely N-dealkylation sites (N-methyl/N-ethyl adjacent to an activating group) is 1. The van der Waals surface area contributed by atoms with Crippen LogP contribution in [0.25, 0.3) is 16.7 Å². The highest BCUT2D eigenvalue weighted by Crippen LogP contribution is 2.36. The number of rotatable bonds is 7. The van der Waals surface area contributed by atoms with E-state index in [0.717, 1.165) is 0 Å². The molecule has 1 fully saturated rings. The van der Waals surface area contributed by atoms with Gasteiger partial charge in [0.2, 0.25) is 5.91 Å². The first-order valence-corrected chi connectivity index (χ1v) is 14.1. The van der Waals surface area contributed by atoms with Gasteiger partial charge in [0.1, 0.15) is 42.1 Å². The molecule has 4 aromatic heterocycles. The van der Waals surface area contributed by atoms with Crippen molar-refractivity contribution < 1.29 is 18.7 Å². The number of anilines is 3. The summed E-state index contributed by atoms with van der Waals surface area (Å²) in [6, 6.07) is 9.65. The van der Waals surface area contributed by atoms with E-state index in [-0.39, 0.29) is 17.6 Å². The smallest absolute Gasteiger partial charge is 0.246 e. The average Bonchev–Trinajstić information content (AvgIpc) is 3.44. The Hall–Kier alpha value is -5.37. The van der Waals surface area contributed by atoms with Crippen molar-refractivity contribution >= 4 is 39.9 Å². The van der Waals surface area contributed by atoms with E-state index in [1.165, 1.54) is 18.7 Å². The number of halogens is 1. The van der Waals surface area contributed by atoms with Crippen LogP contribution in [-0.4, -0.2) is 98.2 Å². The fourth-order valence-electron chi connectivity index (χ4n) is 5.29. The van der Waals surface area contributed by atoms with Crippen LogP contribution in [0, 0.1) is 5.82 Å². The Kier molecular flexibility index (Phi) is 7.10. The molecule has 1 amide bonds. The van der Waals surface area contributed by atoms with Crippen LogP contribution < -0.4 is 19.7 Å². The molecule has 2 aliphatic rings. The van der Waals surface area contributed by atoms with E-state index in [1.54, 1.807) is 41.1 Å². The van der Waals surface area contributed by atoms with Crippen molar-refractivity contribution in [1.82, 2.24) is 39.3 Å². The van der Waals surface area contributed by atoms with E-state index in [1.807, 2.05) is 36.0 Å². The summed E-state index contributed by atoms with van der Waals surface area (Å²) in [5.41, 5.74) is 1.83. The number of hydrogen-bond donors (Lipinski definition) is 1. The minimum atomic E-state index is -0.529. The van der Waals surface area contributed by atoms with Crippen LogP contribution in [0.3, 0.4) is 0 Å². The molecule has 7 rings (SSSR count). The third-order valence-electron chi connectivity index (χ3n) is 7.47. The number of benzene rings is 1. The van der Waals surface area contributed by atoms with Gasteiger partial charge in [0.25, 0.3) is 0 Å². The Bertz CT molecular complexity index is 1890. The zero-order valence-electron chi connectivity index (χ0n) is 24.1. The molecule has 224 valence electrons. The number of carbonyl (C=O) groups excluding carboxylic acids is 1. The monoisotopic (exact) mass is 596 g/mol. The van der Waals surface area contributed by atoms with Crippen molar-refractivity contribution in [2.24, 2.45) is 0 Å². The number of aromatic nitrogens is 6. The summed E-state index contributed by atoms with van der Waals surface area (Å²) in [7, 11) is 3.91. The number of hydrogen-bond acceptors (Lipinski definition) is 11. The number of ether oxygens (including phenoxy) is 2. The van der Waals surface area contributed by atoms with Gasteiger partial charge in [-0.2, -0.15) is 5.10 Å². The summed E-state index contributed by atoms with van der Waals surface area (Å²) in [6.45, 7) is 2.74. The molecule has 0 saturated carbocycles. The van der Waals surface area contributed by atoms with E-state index in [9.17, 15) is 4.79 Å². The molecule has 0 radical (unpaired) electrons. The number of carbonyl (C=O) groups is 1. The molecule has 44 heavy (non-hydrogen) atoms. The Labute approximate surface area is 251 Å². The molecule has 1 N–H and O–H groups in total. The predicted molar refractivity (Wildman–Crippen MR) is 161 cm³/mol. The SMILES string of the molecule is CN(C)CC=CC(=O)N1CCN2C[C@H]1COc1cc3ncnc(Nc4ccc(Oc5ccn6ncnc6c5)cc4F)c3nc12. The third kappa shape index (κ3) is 5.42. The maximum atomic E-state index is 15.3. The molecule has 2 bridgehead atoms. The molecule has 5 aromatic rings. The number of piperazine rings is 1. The fourth-order valence-corrected chi connectivity index (χ4v) is 5.29. The van der Waals surface area contributed by atoms with Gasteiger partial charge in [-0.1, -0.05) is 6.08 Å². The van der Waals surface area contributed by atoms with Gasteiger partial charge in [-0.15, -0.1) is 0 Å². The largest absolute Gasteiger partial charge is 0.487 e. The number of fused-ring (bicyclic) bond motifs is 6. The second-order valence-electron chi connectivity index (χ2n) is 10.8. The lowest BCUT2D eigenvalue weighted by atomic mass is 10.1. The van der Waals surface area contributed by atoms with Crippen molar-refractivity contribution in [3.63, 3.8) is 0 Å². The Morgan fingerprint density at radius 2 is 2.02 bits per heavy atom. The number of nitrogens with one attached hydrogen (secondary N) is 1. The van der Waals surface area contributed by atoms with E-state index < -0.39 is 5.82 Å². The molecule has 6 heterocycles. The highest BCUT2D eigenvalue weighted by atomic mass is 19.1. The summed E-state index contributed by atoms with van der Waals surface area (Å²) in [6.07, 6.45) is 8.05. The number of amides is 1. The van der Waals surface area contributed by atoms with Crippen LogP contribution >= 0.6 is 0 Å². The lowest BCUT2D eigenvalue weighted by Crippen LogP contribution is -2.56. The van der Waals surface area contributed by atoms with Gasteiger partial charge in [0, 0.05) is 56.7 Å². The molecule has 0 spiro atoms. The van der Waals surface area contributed by atoms with Gasteiger partial charge in [-0.05, 0) is 32.3 Å². The van der Waals surface area contributed by atoms with Crippen LogP contribution in [0.5, 0.6) is 17.2 Å². The Balaban J connectivity index is 1.10. The van der Waals surface area contributed by atoms with Crippen molar-refractivity contribution in [2.75, 3.05) is 57.1 Å². The molecule has 13 nitrogen and oxygen atoms in total. The maximum Gasteiger partial charge on any atom is 0.246 e. The number of nitrogens with zero attached hydrogens (tertiary/aromatic N) is 9. The normalized spacial score (nSPS) is 16.3. The summed E-state index contributed by atoms with van der Waals surface area (Å²) in [5.74, 6) is 1.85. The molecule has 14 heteroatoms. The first kappa shape index (κ1) is 27.5.